The van der Waals surface area contributed by atoms with Gasteiger partial charge in [0, 0.05) is 5.69 Å². The van der Waals surface area contributed by atoms with Crippen molar-refractivity contribution in [1.82, 2.24) is 0 Å². The minimum Gasteiger partial charge on any atom is -0.462 e. The molecule has 2 aromatic rings. The van der Waals surface area contributed by atoms with E-state index in [2.05, 4.69) is 5.32 Å². The van der Waals surface area contributed by atoms with Crippen LogP contribution in [0.1, 0.15) is 33.2 Å². The van der Waals surface area contributed by atoms with Crippen molar-refractivity contribution in [2.75, 3.05) is 11.9 Å². The molecule has 114 valence electrons. The van der Waals surface area contributed by atoms with Gasteiger partial charge in [0.15, 0.2) is 0 Å². The lowest BCUT2D eigenvalue weighted by Gasteiger charge is -2.12. The lowest BCUT2D eigenvalue weighted by molar-refractivity contribution is 0.0525. The van der Waals surface area contributed by atoms with Gasteiger partial charge >= 0.3 is 5.97 Å². The second-order valence-electron chi connectivity index (χ2n) is 4.63. The smallest absolute Gasteiger partial charge is 0.338 e. The van der Waals surface area contributed by atoms with Crippen molar-refractivity contribution in [2.24, 2.45) is 0 Å². The van der Waals surface area contributed by atoms with E-state index in [1.807, 2.05) is 0 Å². The molecule has 0 heterocycles. The molecule has 0 saturated carbocycles. The molecule has 22 heavy (non-hydrogen) atoms. The Balaban J connectivity index is 2.27. The summed E-state index contributed by atoms with van der Waals surface area (Å²) in [7, 11) is 0. The number of hydrogen-bond donors (Lipinski definition) is 1. The van der Waals surface area contributed by atoms with Gasteiger partial charge in [-0.1, -0.05) is 18.2 Å². The Hall–Kier alpha value is -2.69. The van der Waals surface area contributed by atoms with Gasteiger partial charge in [-0.15, -0.1) is 0 Å². The summed E-state index contributed by atoms with van der Waals surface area (Å²) in [4.78, 5) is 24.0. The third-order valence-electron chi connectivity index (χ3n) is 3.20. The van der Waals surface area contributed by atoms with Gasteiger partial charge in [-0.2, -0.15) is 0 Å². The van der Waals surface area contributed by atoms with Crippen LogP contribution in [0.2, 0.25) is 0 Å². The van der Waals surface area contributed by atoms with E-state index < -0.39 is 17.7 Å². The molecule has 0 radical (unpaired) electrons. The van der Waals surface area contributed by atoms with E-state index in [-0.39, 0.29) is 12.2 Å². The quantitative estimate of drug-likeness (QED) is 0.878. The maximum absolute atomic E-state index is 13.6. The summed E-state index contributed by atoms with van der Waals surface area (Å²) in [5.41, 5.74) is 1.33. The molecule has 4 nitrogen and oxygen atoms in total. The van der Waals surface area contributed by atoms with Crippen LogP contribution in [0.4, 0.5) is 10.1 Å². The van der Waals surface area contributed by atoms with Crippen molar-refractivity contribution in [2.45, 2.75) is 13.8 Å². The molecule has 0 unspecified atom stereocenters. The highest BCUT2D eigenvalue weighted by molar-refractivity contribution is 6.05. The van der Waals surface area contributed by atoms with Gasteiger partial charge in [0.1, 0.15) is 5.82 Å². The van der Waals surface area contributed by atoms with Gasteiger partial charge < -0.3 is 10.1 Å². The van der Waals surface area contributed by atoms with Gasteiger partial charge in [-0.25, -0.2) is 9.18 Å². The summed E-state index contributed by atoms with van der Waals surface area (Å²) in [6, 6.07) is 10.6. The van der Waals surface area contributed by atoms with Crippen LogP contribution in [0.25, 0.3) is 0 Å². The van der Waals surface area contributed by atoms with Crippen LogP contribution in [0.5, 0.6) is 0 Å². The van der Waals surface area contributed by atoms with Crippen molar-refractivity contribution < 1.29 is 18.7 Å². The summed E-state index contributed by atoms with van der Waals surface area (Å²) in [5.74, 6) is -1.62. The predicted octanol–water partition coefficient (Wildman–Crippen LogP) is 3.56. The van der Waals surface area contributed by atoms with Gasteiger partial charge in [-0.05, 0) is 43.7 Å². The monoisotopic (exact) mass is 301 g/mol. The van der Waals surface area contributed by atoms with Gasteiger partial charge in [0.2, 0.25) is 0 Å². The number of hydrogen-bond acceptors (Lipinski definition) is 3. The third kappa shape index (κ3) is 3.31. The molecule has 0 aromatic heterocycles. The highest BCUT2D eigenvalue weighted by Gasteiger charge is 2.16. The van der Waals surface area contributed by atoms with Crippen LogP contribution in [0.3, 0.4) is 0 Å². The highest BCUT2D eigenvalue weighted by atomic mass is 19.1. The number of benzene rings is 2. The lowest BCUT2D eigenvalue weighted by atomic mass is 10.1. The molecule has 0 atom stereocenters. The first-order valence-electron chi connectivity index (χ1n) is 6.87. The lowest BCUT2D eigenvalue weighted by Crippen LogP contribution is -2.16. The number of amides is 1. The van der Waals surface area contributed by atoms with Crippen LogP contribution < -0.4 is 5.32 Å². The Morgan fingerprint density at radius 1 is 1.09 bits per heavy atom. The van der Waals surface area contributed by atoms with E-state index in [0.717, 1.165) is 0 Å². The molecule has 0 spiro atoms. The van der Waals surface area contributed by atoms with Gasteiger partial charge in [0.05, 0.1) is 17.7 Å². The molecule has 1 amide bonds. The Labute approximate surface area is 127 Å². The van der Waals surface area contributed by atoms with E-state index in [1.165, 1.54) is 18.2 Å². The molecule has 0 fully saturated rings. The minimum absolute atomic E-state index is 0.0524. The fraction of sp³-hybridized carbons (Fsp3) is 0.176. The van der Waals surface area contributed by atoms with Crippen LogP contribution in [-0.2, 0) is 4.74 Å². The zero-order valence-corrected chi connectivity index (χ0v) is 12.4. The molecule has 5 heteroatoms. The normalized spacial score (nSPS) is 10.1. The topological polar surface area (TPSA) is 55.4 Å². The van der Waals surface area contributed by atoms with Crippen LogP contribution >= 0.6 is 0 Å². The number of carbonyl (C=O) groups is 2. The zero-order chi connectivity index (χ0) is 16.1. The highest BCUT2D eigenvalue weighted by Crippen LogP contribution is 2.21. The first kappa shape index (κ1) is 15.7. The summed E-state index contributed by atoms with van der Waals surface area (Å²) in [6.45, 7) is 3.68. The van der Waals surface area contributed by atoms with Crippen molar-refractivity contribution in [3.05, 3.63) is 65.0 Å². The molecular weight excluding hydrogens is 285 g/mol. The van der Waals surface area contributed by atoms with Crippen LogP contribution in [-0.4, -0.2) is 18.5 Å². The van der Waals surface area contributed by atoms with E-state index in [4.69, 9.17) is 4.74 Å². The average Bonchev–Trinajstić information content (AvgIpc) is 2.50. The molecule has 1 N–H and O–H groups in total. The first-order valence-corrected chi connectivity index (χ1v) is 6.87. The first-order chi connectivity index (χ1) is 10.5. The third-order valence-corrected chi connectivity index (χ3v) is 3.20. The summed E-state index contributed by atoms with van der Waals surface area (Å²) in [5, 5.41) is 2.62. The Bertz CT molecular complexity index is 713. The summed E-state index contributed by atoms with van der Waals surface area (Å²) < 4.78 is 18.6. The number of esters is 1. The van der Waals surface area contributed by atoms with E-state index in [1.54, 1.807) is 38.1 Å². The van der Waals surface area contributed by atoms with Crippen molar-refractivity contribution in [3.63, 3.8) is 0 Å². The summed E-state index contributed by atoms with van der Waals surface area (Å²) >= 11 is 0. The number of halogens is 1. The Morgan fingerprint density at radius 2 is 1.77 bits per heavy atom. The maximum atomic E-state index is 13.6. The van der Waals surface area contributed by atoms with E-state index >= 15 is 0 Å². The van der Waals surface area contributed by atoms with Gasteiger partial charge in [-0.3, -0.25) is 4.79 Å². The molecule has 2 rings (SSSR count). The second-order valence-corrected chi connectivity index (χ2v) is 4.63. The number of anilines is 1. The van der Waals surface area contributed by atoms with Crippen molar-refractivity contribution in [1.29, 1.82) is 0 Å². The van der Waals surface area contributed by atoms with Crippen LogP contribution in [0, 0.1) is 12.7 Å². The Kier molecular flexibility index (Phi) is 4.88. The van der Waals surface area contributed by atoms with Gasteiger partial charge in [0.25, 0.3) is 5.91 Å². The maximum Gasteiger partial charge on any atom is 0.338 e. The van der Waals surface area contributed by atoms with Crippen molar-refractivity contribution in [3.8, 4) is 0 Å². The van der Waals surface area contributed by atoms with Crippen molar-refractivity contribution >= 4 is 17.6 Å². The molecule has 2 aromatic carbocycles. The molecule has 0 aliphatic carbocycles. The van der Waals surface area contributed by atoms with Crippen LogP contribution in [0.15, 0.2) is 42.5 Å². The van der Waals surface area contributed by atoms with E-state index in [9.17, 15) is 14.0 Å². The summed E-state index contributed by atoms with van der Waals surface area (Å²) in [6.07, 6.45) is 0. The number of rotatable bonds is 4. The number of ether oxygens (including phenoxy) is 1. The fourth-order valence-corrected chi connectivity index (χ4v) is 2.04. The molecular formula is C17H16FNO3. The standard InChI is InChI=1S/C17H16FNO3/c1-3-22-17(21)12-8-6-10-15(11(12)2)19-16(20)13-7-4-5-9-14(13)18/h4-10H,3H2,1-2H3,(H,19,20). The number of nitrogens with one attached hydrogen (secondary N) is 1. The fourth-order valence-electron chi connectivity index (χ4n) is 2.04. The molecule has 0 aliphatic rings. The molecule has 0 saturated heterocycles. The molecule has 0 aliphatic heterocycles. The molecule has 0 bridgehead atoms. The average molecular weight is 301 g/mol. The number of carbonyl (C=O) groups excluding carboxylic acids is 2. The minimum atomic E-state index is -0.598. The largest absolute Gasteiger partial charge is 0.462 e. The second kappa shape index (κ2) is 6.85. The SMILES string of the molecule is CCOC(=O)c1cccc(NC(=O)c2ccccc2F)c1C. The predicted molar refractivity (Wildman–Crippen MR) is 81.5 cm³/mol. The van der Waals surface area contributed by atoms with E-state index in [0.29, 0.717) is 16.8 Å². The Morgan fingerprint density at radius 3 is 2.45 bits per heavy atom. The zero-order valence-electron chi connectivity index (χ0n) is 12.4.